The summed E-state index contributed by atoms with van der Waals surface area (Å²) in [4.78, 5) is 27.7. The Labute approximate surface area is 103 Å². The molecule has 2 heterocycles. The van der Waals surface area contributed by atoms with E-state index in [2.05, 4.69) is 4.98 Å². The lowest BCUT2D eigenvalue weighted by atomic mass is 10.2. The Balaban J connectivity index is 2.23. The lowest BCUT2D eigenvalue weighted by Crippen LogP contribution is -2.50. The summed E-state index contributed by atoms with van der Waals surface area (Å²) in [7, 11) is 0. The van der Waals surface area contributed by atoms with Crippen LogP contribution in [-0.2, 0) is 9.53 Å². The number of amides is 1. The minimum absolute atomic E-state index is 0.120. The number of anilines is 1. The highest BCUT2D eigenvalue weighted by atomic mass is 16.5. The van der Waals surface area contributed by atoms with Crippen LogP contribution in [0.1, 0.15) is 10.4 Å². The van der Waals surface area contributed by atoms with Crippen LogP contribution in [0.15, 0.2) is 18.3 Å². The van der Waals surface area contributed by atoms with E-state index in [9.17, 15) is 9.59 Å². The highest BCUT2D eigenvalue weighted by Gasteiger charge is 2.30. The smallest absolute Gasteiger partial charge is 0.328 e. The molecule has 1 aromatic rings. The van der Waals surface area contributed by atoms with Crippen molar-refractivity contribution in [1.29, 1.82) is 0 Å². The van der Waals surface area contributed by atoms with Crippen LogP contribution in [0.4, 0.5) is 5.82 Å². The zero-order valence-electron chi connectivity index (χ0n) is 9.57. The van der Waals surface area contributed by atoms with Crippen molar-refractivity contribution >= 4 is 17.7 Å². The van der Waals surface area contributed by atoms with E-state index in [4.69, 9.17) is 15.6 Å². The van der Waals surface area contributed by atoms with Crippen molar-refractivity contribution in [2.75, 3.05) is 24.7 Å². The molecule has 0 spiro atoms. The van der Waals surface area contributed by atoms with E-state index >= 15 is 0 Å². The monoisotopic (exact) mass is 251 g/mol. The van der Waals surface area contributed by atoms with Gasteiger partial charge in [-0.25, -0.2) is 9.78 Å². The second kappa shape index (κ2) is 5.01. The Morgan fingerprint density at radius 2 is 2.28 bits per heavy atom. The largest absolute Gasteiger partial charge is 0.480 e. The van der Waals surface area contributed by atoms with Gasteiger partial charge in [-0.1, -0.05) is 0 Å². The van der Waals surface area contributed by atoms with Crippen LogP contribution in [0.3, 0.4) is 0 Å². The molecule has 1 aromatic heterocycles. The highest BCUT2D eigenvalue weighted by molar-refractivity contribution is 5.92. The molecule has 18 heavy (non-hydrogen) atoms. The molecule has 1 aliphatic heterocycles. The lowest BCUT2D eigenvalue weighted by Gasteiger charge is -2.33. The molecule has 7 heteroatoms. The number of nitrogens with two attached hydrogens (primary N) is 1. The van der Waals surface area contributed by atoms with E-state index in [1.54, 1.807) is 11.0 Å². The predicted octanol–water partition coefficient (Wildman–Crippen LogP) is -0.530. The number of primary amides is 1. The van der Waals surface area contributed by atoms with E-state index in [1.807, 2.05) is 0 Å². The molecule has 1 amide bonds. The number of hydrogen-bond acceptors (Lipinski definition) is 5. The van der Waals surface area contributed by atoms with Gasteiger partial charge in [0.25, 0.3) is 0 Å². The molecule has 0 aliphatic carbocycles. The van der Waals surface area contributed by atoms with Crippen molar-refractivity contribution in [2.45, 2.75) is 6.04 Å². The molecule has 1 aliphatic rings. The van der Waals surface area contributed by atoms with E-state index < -0.39 is 17.9 Å². The number of pyridine rings is 1. The standard InChI is InChI=1S/C11H13N3O4/c12-10(15)7-1-2-9(13-5-7)14-3-4-18-6-8(14)11(16)17/h1-2,5,8H,3-4,6H2,(H2,12,15)(H,16,17). The maximum Gasteiger partial charge on any atom is 0.328 e. The Kier molecular flexibility index (Phi) is 3.42. The van der Waals surface area contributed by atoms with Crippen LogP contribution in [-0.4, -0.2) is 47.8 Å². The van der Waals surface area contributed by atoms with Gasteiger partial charge in [0.05, 0.1) is 18.8 Å². The first-order valence-corrected chi connectivity index (χ1v) is 5.42. The molecule has 3 N–H and O–H groups in total. The second-order valence-corrected chi connectivity index (χ2v) is 3.89. The second-order valence-electron chi connectivity index (χ2n) is 3.89. The highest BCUT2D eigenvalue weighted by Crippen LogP contribution is 2.17. The topological polar surface area (TPSA) is 106 Å². The normalized spacial score (nSPS) is 19.6. The van der Waals surface area contributed by atoms with E-state index in [-0.39, 0.29) is 6.61 Å². The number of rotatable bonds is 3. The van der Waals surface area contributed by atoms with Crippen molar-refractivity contribution in [3.05, 3.63) is 23.9 Å². The van der Waals surface area contributed by atoms with Crippen molar-refractivity contribution < 1.29 is 19.4 Å². The summed E-state index contributed by atoms with van der Waals surface area (Å²) < 4.78 is 5.13. The molecule has 1 saturated heterocycles. The van der Waals surface area contributed by atoms with E-state index in [0.717, 1.165) is 0 Å². The molecule has 0 aromatic carbocycles. The van der Waals surface area contributed by atoms with Gasteiger partial charge in [0.2, 0.25) is 5.91 Å². The first kappa shape index (κ1) is 12.3. The Morgan fingerprint density at radius 1 is 1.50 bits per heavy atom. The van der Waals surface area contributed by atoms with Crippen LogP contribution < -0.4 is 10.6 Å². The fourth-order valence-corrected chi connectivity index (χ4v) is 1.78. The zero-order chi connectivity index (χ0) is 13.1. The van der Waals surface area contributed by atoms with Crippen LogP contribution >= 0.6 is 0 Å². The maximum absolute atomic E-state index is 11.1. The van der Waals surface area contributed by atoms with Gasteiger partial charge in [0.1, 0.15) is 5.82 Å². The number of hydrogen-bond donors (Lipinski definition) is 2. The van der Waals surface area contributed by atoms with Gasteiger partial charge in [-0.05, 0) is 12.1 Å². The van der Waals surface area contributed by atoms with E-state index in [1.165, 1.54) is 12.3 Å². The summed E-state index contributed by atoms with van der Waals surface area (Å²) in [6.45, 7) is 1.01. The Bertz CT molecular complexity index is 460. The van der Waals surface area contributed by atoms with Gasteiger partial charge in [-0.2, -0.15) is 0 Å². The molecule has 0 bridgehead atoms. The number of aliphatic carboxylic acids is 1. The molecule has 96 valence electrons. The number of nitrogens with zero attached hydrogens (tertiary/aromatic N) is 2. The molecular formula is C11H13N3O4. The minimum atomic E-state index is -0.963. The number of carboxylic acids is 1. The van der Waals surface area contributed by atoms with Crippen LogP contribution in [0.2, 0.25) is 0 Å². The maximum atomic E-state index is 11.1. The third-order valence-electron chi connectivity index (χ3n) is 2.74. The van der Waals surface area contributed by atoms with Crippen molar-refractivity contribution in [3.63, 3.8) is 0 Å². The number of ether oxygens (including phenoxy) is 1. The average Bonchev–Trinajstić information content (AvgIpc) is 2.39. The SMILES string of the molecule is NC(=O)c1ccc(N2CCOCC2C(=O)O)nc1. The van der Waals surface area contributed by atoms with E-state index in [0.29, 0.717) is 24.5 Å². The number of carbonyl (C=O) groups excluding carboxylic acids is 1. The summed E-state index contributed by atoms with van der Waals surface area (Å²) in [5, 5.41) is 9.09. The summed E-state index contributed by atoms with van der Waals surface area (Å²) in [5.41, 5.74) is 5.40. The number of aromatic nitrogens is 1. The van der Waals surface area contributed by atoms with Crippen molar-refractivity contribution in [2.24, 2.45) is 5.73 Å². The molecular weight excluding hydrogens is 238 g/mol. The number of carbonyl (C=O) groups is 2. The Hall–Kier alpha value is -2.15. The molecule has 0 saturated carbocycles. The summed E-state index contributed by atoms with van der Waals surface area (Å²) >= 11 is 0. The molecule has 1 atom stereocenters. The minimum Gasteiger partial charge on any atom is -0.480 e. The van der Waals surface area contributed by atoms with Crippen LogP contribution in [0.5, 0.6) is 0 Å². The van der Waals surface area contributed by atoms with Crippen LogP contribution in [0.25, 0.3) is 0 Å². The van der Waals surface area contributed by atoms with Gasteiger partial charge in [-0.3, -0.25) is 4.79 Å². The van der Waals surface area contributed by atoms with Gasteiger partial charge in [0.15, 0.2) is 6.04 Å². The van der Waals surface area contributed by atoms with Crippen molar-refractivity contribution in [3.8, 4) is 0 Å². The third-order valence-corrected chi connectivity index (χ3v) is 2.74. The zero-order valence-corrected chi connectivity index (χ0v) is 9.57. The van der Waals surface area contributed by atoms with Gasteiger partial charge in [-0.15, -0.1) is 0 Å². The van der Waals surface area contributed by atoms with Gasteiger partial charge in [0, 0.05) is 12.7 Å². The third kappa shape index (κ3) is 2.40. The fraction of sp³-hybridized carbons (Fsp3) is 0.364. The number of carboxylic acid groups (broad SMARTS) is 1. The molecule has 2 rings (SSSR count). The number of morpholine rings is 1. The lowest BCUT2D eigenvalue weighted by molar-refractivity contribution is -0.141. The fourth-order valence-electron chi connectivity index (χ4n) is 1.78. The van der Waals surface area contributed by atoms with Crippen LogP contribution in [0, 0.1) is 0 Å². The first-order chi connectivity index (χ1) is 8.59. The van der Waals surface area contributed by atoms with Gasteiger partial charge < -0.3 is 20.5 Å². The summed E-state index contributed by atoms with van der Waals surface area (Å²) in [6.07, 6.45) is 1.34. The molecule has 1 fully saturated rings. The van der Waals surface area contributed by atoms with Gasteiger partial charge >= 0.3 is 5.97 Å². The summed E-state index contributed by atoms with van der Waals surface area (Å²) in [5.74, 6) is -1.03. The molecule has 7 nitrogen and oxygen atoms in total. The molecule has 0 radical (unpaired) electrons. The first-order valence-electron chi connectivity index (χ1n) is 5.42. The Morgan fingerprint density at radius 3 is 2.83 bits per heavy atom. The molecule has 1 unspecified atom stereocenters. The average molecular weight is 251 g/mol. The van der Waals surface area contributed by atoms with Crippen molar-refractivity contribution in [1.82, 2.24) is 4.98 Å². The quantitative estimate of drug-likeness (QED) is 0.748. The predicted molar refractivity (Wildman–Crippen MR) is 62.3 cm³/mol. The summed E-state index contributed by atoms with van der Waals surface area (Å²) in [6, 6.07) is 2.35.